The summed E-state index contributed by atoms with van der Waals surface area (Å²) in [5.41, 5.74) is 0. The molecular weight excluding hydrogens is 308 g/mol. The van der Waals surface area contributed by atoms with Crippen molar-refractivity contribution < 1.29 is 19.4 Å². The van der Waals surface area contributed by atoms with E-state index in [0.717, 1.165) is 0 Å². The summed E-state index contributed by atoms with van der Waals surface area (Å²) in [4.78, 5) is 23.7. The molecular formula is C15H21ClN2O4. The van der Waals surface area contributed by atoms with E-state index in [-0.39, 0.29) is 5.91 Å². The van der Waals surface area contributed by atoms with Crippen molar-refractivity contribution >= 4 is 23.5 Å². The molecule has 1 aromatic carbocycles. The summed E-state index contributed by atoms with van der Waals surface area (Å²) >= 11 is 5.87. The van der Waals surface area contributed by atoms with Gasteiger partial charge in [0.1, 0.15) is 18.4 Å². The molecule has 0 fully saturated rings. The van der Waals surface area contributed by atoms with Gasteiger partial charge in [-0.3, -0.25) is 14.5 Å². The molecule has 0 bridgehead atoms. The van der Waals surface area contributed by atoms with Crippen LogP contribution in [-0.4, -0.2) is 54.2 Å². The topological polar surface area (TPSA) is 78.9 Å². The summed E-state index contributed by atoms with van der Waals surface area (Å²) in [5.74, 6) is -0.416. The smallest absolute Gasteiger partial charge is 0.320 e. The minimum Gasteiger partial charge on any atom is -0.492 e. The molecule has 0 heterocycles. The van der Waals surface area contributed by atoms with E-state index in [9.17, 15) is 9.59 Å². The number of nitrogens with one attached hydrogen (secondary N) is 1. The monoisotopic (exact) mass is 328 g/mol. The average Bonchev–Trinajstić information content (AvgIpc) is 2.44. The van der Waals surface area contributed by atoms with Crippen LogP contribution in [0.4, 0.5) is 0 Å². The first-order valence-corrected chi connectivity index (χ1v) is 7.37. The lowest BCUT2D eigenvalue weighted by Gasteiger charge is -2.26. The predicted molar refractivity (Wildman–Crippen MR) is 84.3 cm³/mol. The Morgan fingerprint density at radius 3 is 2.73 bits per heavy atom. The number of carbonyl (C=O) groups excluding carboxylic acids is 1. The quantitative estimate of drug-likeness (QED) is 0.720. The highest BCUT2D eigenvalue weighted by molar-refractivity contribution is 6.30. The molecule has 1 aromatic rings. The van der Waals surface area contributed by atoms with Gasteiger partial charge in [-0.1, -0.05) is 17.7 Å². The van der Waals surface area contributed by atoms with Gasteiger partial charge in [-0.25, -0.2) is 0 Å². The van der Waals surface area contributed by atoms with Gasteiger partial charge in [0.15, 0.2) is 0 Å². The van der Waals surface area contributed by atoms with Gasteiger partial charge in [0.2, 0.25) is 5.91 Å². The van der Waals surface area contributed by atoms with E-state index in [4.69, 9.17) is 21.4 Å². The normalized spacial score (nSPS) is 12.0. The van der Waals surface area contributed by atoms with Crippen molar-refractivity contribution in [3.63, 3.8) is 0 Å². The van der Waals surface area contributed by atoms with Crippen molar-refractivity contribution in [2.45, 2.75) is 19.9 Å². The van der Waals surface area contributed by atoms with Gasteiger partial charge in [0.05, 0.1) is 0 Å². The van der Waals surface area contributed by atoms with Crippen LogP contribution in [0, 0.1) is 0 Å². The molecule has 0 saturated carbocycles. The fourth-order valence-corrected chi connectivity index (χ4v) is 2.05. The number of hydrogen-bond donors (Lipinski definition) is 2. The van der Waals surface area contributed by atoms with Gasteiger partial charge in [-0.2, -0.15) is 0 Å². The number of amides is 1. The lowest BCUT2D eigenvalue weighted by Crippen LogP contribution is -2.45. The number of carboxylic acids is 1. The van der Waals surface area contributed by atoms with Crippen LogP contribution in [0.1, 0.15) is 13.8 Å². The van der Waals surface area contributed by atoms with Crippen LogP contribution in [0.15, 0.2) is 24.3 Å². The lowest BCUT2D eigenvalue weighted by atomic mass is 10.3. The number of nitrogens with zero attached hydrogens (tertiary/aromatic N) is 1. The van der Waals surface area contributed by atoms with Gasteiger partial charge < -0.3 is 15.2 Å². The summed E-state index contributed by atoms with van der Waals surface area (Å²) < 4.78 is 5.57. The third-order valence-corrected chi connectivity index (χ3v) is 3.36. The van der Waals surface area contributed by atoms with Crippen LogP contribution in [0.25, 0.3) is 0 Å². The lowest BCUT2D eigenvalue weighted by molar-refractivity contribution is -0.142. The first kappa shape index (κ1) is 18.3. The highest BCUT2D eigenvalue weighted by Crippen LogP contribution is 2.17. The van der Waals surface area contributed by atoms with Crippen molar-refractivity contribution in [1.29, 1.82) is 0 Å². The Labute approximate surface area is 135 Å². The first-order valence-electron chi connectivity index (χ1n) is 7.00. The maximum Gasteiger partial charge on any atom is 0.320 e. The third-order valence-electron chi connectivity index (χ3n) is 3.12. The van der Waals surface area contributed by atoms with Crippen LogP contribution >= 0.6 is 11.6 Å². The molecule has 0 radical (unpaired) electrons. The predicted octanol–water partition coefficient (Wildman–Crippen LogP) is 1.63. The van der Waals surface area contributed by atoms with Gasteiger partial charge in [-0.05, 0) is 25.1 Å². The van der Waals surface area contributed by atoms with Crippen molar-refractivity contribution in [2.24, 2.45) is 0 Å². The summed E-state index contributed by atoms with van der Waals surface area (Å²) in [6, 6.07) is 6.36. The van der Waals surface area contributed by atoms with Crippen LogP contribution in [-0.2, 0) is 9.59 Å². The second-order valence-corrected chi connectivity index (χ2v) is 5.28. The molecule has 1 rings (SSSR count). The first-order chi connectivity index (χ1) is 10.4. The minimum absolute atomic E-state index is 0.141. The molecule has 0 aliphatic rings. The molecule has 7 heteroatoms. The largest absolute Gasteiger partial charge is 0.492 e. The molecule has 6 nitrogen and oxygen atoms in total. The number of rotatable bonds is 9. The second kappa shape index (κ2) is 9.27. The van der Waals surface area contributed by atoms with Gasteiger partial charge in [0.25, 0.3) is 0 Å². The Bertz CT molecular complexity index is 510. The molecule has 0 aromatic heterocycles. The maximum atomic E-state index is 11.1. The number of ether oxygens (including phenoxy) is 1. The molecule has 2 N–H and O–H groups in total. The molecule has 1 unspecified atom stereocenters. The number of carboxylic acid groups (broad SMARTS) is 1. The fraction of sp³-hybridized carbons (Fsp3) is 0.467. The SMILES string of the molecule is CC(=O)NCCN(CCOc1cccc(Cl)c1)C(C)C(=O)O. The summed E-state index contributed by atoms with van der Waals surface area (Å²) in [5, 5.41) is 12.4. The van der Waals surface area contributed by atoms with Crippen LogP contribution < -0.4 is 10.1 Å². The van der Waals surface area contributed by atoms with Gasteiger partial charge in [-0.15, -0.1) is 0 Å². The van der Waals surface area contributed by atoms with Crippen molar-refractivity contribution in [1.82, 2.24) is 10.2 Å². The number of halogens is 1. The van der Waals surface area contributed by atoms with E-state index in [1.165, 1.54) is 6.92 Å². The summed E-state index contributed by atoms with van der Waals surface area (Å²) in [6.07, 6.45) is 0. The molecule has 0 spiro atoms. The highest BCUT2D eigenvalue weighted by atomic mass is 35.5. The molecule has 0 aliphatic heterocycles. The van der Waals surface area contributed by atoms with Crippen LogP contribution in [0.2, 0.25) is 5.02 Å². The van der Waals surface area contributed by atoms with E-state index in [1.54, 1.807) is 36.1 Å². The zero-order chi connectivity index (χ0) is 16.5. The Balaban J connectivity index is 2.49. The fourth-order valence-electron chi connectivity index (χ4n) is 1.87. The number of benzene rings is 1. The minimum atomic E-state index is -0.911. The Morgan fingerprint density at radius 2 is 2.14 bits per heavy atom. The van der Waals surface area contributed by atoms with Gasteiger partial charge in [0, 0.05) is 31.6 Å². The van der Waals surface area contributed by atoms with E-state index < -0.39 is 12.0 Å². The van der Waals surface area contributed by atoms with Crippen molar-refractivity contribution in [2.75, 3.05) is 26.2 Å². The van der Waals surface area contributed by atoms with E-state index in [1.807, 2.05) is 0 Å². The molecule has 1 amide bonds. The summed E-state index contributed by atoms with van der Waals surface area (Å²) in [7, 11) is 0. The maximum absolute atomic E-state index is 11.1. The Kier molecular flexibility index (Phi) is 7.70. The van der Waals surface area contributed by atoms with Crippen molar-refractivity contribution in [3.05, 3.63) is 29.3 Å². The second-order valence-electron chi connectivity index (χ2n) is 4.84. The van der Waals surface area contributed by atoms with Crippen LogP contribution in [0.3, 0.4) is 0 Å². The van der Waals surface area contributed by atoms with E-state index in [0.29, 0.717) is 37.0 Å². The number of hydrogen-bond acceptors (Lipinski definition) is 4. The number of aliphatic carboxylic acids is 1. The van der Waals surface area contributed by atoms with Gasteiger partial charge >= 0.3 is 5.97 Å². The van der Waals surface area contributed by atoms with E-state index in [2.05, 4.69) is 5.32 Å². The molecule has 122 valence electrons. The molecule has 0 saturated heterocycles. The van der Waals surface area contributed by atoms with Crippen LogP contribution in [0.5, 0.6) is 5.75 Å². The van der Waals surface area contributed by atoms with E-state index >= 15 is 0 Å². The molecule has 1 atom stereocenters. The van der Waals surface area contributed by atoms with Crippen molar-refractivity contribution in [3.8, 4) is 5.75 Å². The molecule has 22 heavy (non-hydrogen) atoms. The Hall–Kier alpha value is -1.79. The Morgan fingerprint density at radius 1 is 1.41 bits per heavy atom. The number of carbonyl (C=O) groups is 2. The third kappa shape index (κ3) is 6.78. The average molecular weight is 329 g/mol. The zero-order valence-corrected chi connectivity index (χ0v) is 13.5. The standard InChI is InChI=1S/C15H21ClN2O4/c1-11(15(20)21)18(7-6-17-12(2)19)8-9-22-14-5-3-4-13(16)10-14/h3-5,10-11H,6-9H2,1-2H3,(H,17,19)(H,20,21). The highest BCUT2D eigenvalue weighted by Gasteiger charge is 2.20. The zero-order valence-electron chi connectivity index (χ0n) is 12.7. The molecule has 0 aliphatic carbocycles. The summed E-state index contributed by atoms with van der Waals surface area (Å²) in [6.45, 7) is 4.62.